The van der Waals surface area contributed by atoms with Gasteiger partial charge in [0.1, 0.15) is 16.5 Å². The van der Waals surface area contributed by atoms with Crippen LogP contribution in [0.3, 0.4) is 0 Å². The van der Waals surface area contributed by atoms with Crippen molar-refractivity contribution >= 4 is 65.3 Å². The van der Waals surface area contributed by atoms with E-state index in [1.54, 1.807) is 48.1 Å². The van der Waals surface area contributed by atoms with Crippen LogP contribution in [0.2, 0.25) is 0 Å². The highest BCUT2D eigenvalue weighted by Crippen LogP contribution is 2.24. The lowest BCUT2D eigenvalue weighted by molar-refractivity contribution is 0.756. The highest BCUT2D eigenvalue weighted by atomic mass is 32.1. The van der Waals surface area contributed by atoms with Crippen LogP contribution in [-0.2, 0) is 42.3 Å². The van der Waals surface area contributed by atoms with Gasteiger partial charge in [0, 0.05) is 106 Å². The molecule has 0 aliphatic rings. The molecule has 0 spiro atoms. The van der Waals surface area contributed by atoms with Crippen molar-refractivity contribution in [1.29, 1.82) is 0 Å². The minimum Gasteiger partial charge on any atom is -0.346 e. The average Bonchev–Trinajstić information content (AvgIpc) is 4.34. The zero-order valence-corrected chi connectivity index (χ0v) is 59.0. The number of H-pyrrole nitrogens is 2. The van der Waals surface area contributed by atoms with Crippen molar-refractivity contribution in [3.63, 3.8) is 0 Å². The minimum absolute atomic E-state index is 0. The molecule has 11 rings (SSSR count). The third kappa shape index (κ3) is 40.5. The fourth-order valence-electron chi connectivity index (χ4n) is 6.13. The van der Waals surface area contributed by atoms with Crippen molar-refractivity contribution in [2.45, 2.75) is 210 Å². The first-order valence-corrected chi connectivity index (χ1v) is 31.5. The maximum atomic E-state index is 4.28. The van der Waals surface area contributed by atoms with Crippen molar-refractivity contribution in [2.75, 3.05) is 0 Å². The summed E-state index contributed by atoms with van der Waals surface area (Å²) in [5.41, 5.74) is 11.3. The fourth-order valence-corrected chi connectivity index (χ4v) is 8.77. The first kappa shape index (κ1) is 97.7. The van der Waals surface area contributed by atoms with Crippen LogP contribution in [0.4, 0.5) is 0 Å². The zero-order valence-electron chi connectivity index (χ0n) is 56.6. The van der Waals surface area contributed by atoms with Gasteiger partial charge in [-0.1, -0.05) is 140 Å². The maximum absolute atomic E-state index is 4.28. The third-order valence-corrected chi connectivity index (χ3v) is 11.9. The SMILES string of the molecule is C.C.C.C.CC.CC.CC.CC.CC.CC.CC.CC.Cc1ccn(C)n1.Cc1ccn(C)n1.Cc1ccn(C)n1.Cc1cnc(C)[nH]1.Cc1cnc(C)[nH]1.Cc1nn(C)c2ccsc12.Cc1nn(C)c2cscc12.Cc1nn(C)c2sccc12. The number of nitrogens with zero attached hydrogens (tertiary/aromatic N) is 14. The number of aromatic nitrogens is 16. The van der Waals surface area contributed by atoms with Crippen LogP contribution in [0.15, 0.2) is 82.8 Å². The maximum Gasteiger partial charge on any atom is 0.121 e. The first-order valence-electron chi connectivity index (χ1n) is 28.7. The Labute approximate surface area is 533 Å². The van der Waals surface area contributed by atoms with E-state index in [1.165, 1.54) is 31.3 Å². The fraction of sp³-hybridized carbons (Fsp3) is 0.545. The second-order valence-corrected chi connectivity index (χ2v) is 17.8. The Balaban J connectivity index is -0.000000107. The molecule has 0 atom stereocenters. The highest BCUT2D eigenvalue weighted by Gasteiger charge is 2.05. The van der Waals surface area contributed by atoms with E-state index in [2.05, 4.69) is 84.2 Å². The summed E-state index contributed by atoms with van der Waals surface area (Å²) in [6.45, 7) is 51.9. The zero-order chi connectivity index (χ0) is 63.8. The van der Waals surface area contributed by atoms with E-state index in [1.807, 2.05) is 286 Å². The van der Waals surface area contributed by atoms with E-state index in [0.29, 0.717) is 0 Å². The van der Waals surface area contributed by atoms with Crippen molar-refractivity contribution in [2.24, 2.45) is 42.3 Å². The van der Waals surface area contributed by atoms with Gasteiger partial charge in [-0.3, -0.25) is 28.1 Å². The number of imidazole rings is 2. The largest absolute Gasteiger partial charge is 0.346 e. The summed E-state index contributed by atoms with van der Waals surface area (Å²) in [7, 11) is 11.7. The second kappa shape index (κ2) is 60.7. The van der Waals surface area contributed by atoms with Gasteiger partial charge in [0.25, 0.3) is 0 Å². The first-order chi connectivity index (χ1) is 38.8. The second-order valence-electron chi connectivity index (χ2n) is 15.3. The van der Waals surface area contributed by atoms with E-state index >= 15 is 0 Å². The predicted molar refractivity (Wildman–Crippen MR) is 388 cm³/mol. The monoisotopic (exact) mass is 1240 g/mol. The quantitative estimate of drug-likeness (QED) is 0.151. The van der Waals surface area contributed by atoms with E-state index in [4.69, 9.17) is 0 Å². The molecule has 0 amide bonds. The molecule has 16 nitrogen and oxygen atoms in total. The van der Waals surface area contributed by atoms with Gasteiger partial charge < -0.3 is 9.97 Å². The summed E-state index contributed by atoms with van der Waals surface area (Å²) < 4.78 is 12.4. The topological polar surface area (TPSA) is 164 Å². The van der Waals surface area contributed by atoms with Crippen LogP contribution in [0, 0.1) is 69.2 Å². The molecule has 19 heteroatoms. The van der Waals surface area contributed by atoms with Gasteiger partial charge in [0.15, 0.2) is 0 Å². The van der Waals surface area contributed by atoms with Crippen LogP contribution >= 0.6 is 34.0 Å². The molecular weight excluding hydrogens is 1110 g/mol. The van der Waals surface area contributed by atoms with Gasteiger partial charge >= 0.3 is 0 Å². The van der Waals surface area contributed by atoms with Crippen molar-refractivity contribution in [3.05, 3.63) is 140 Å². The Bertz CT molecular complexity index is 2490. The molecule has 0 aliphatic carbocycles. The standard InChI is InChI=1S/3C7H8N2S.5C5H8N2.8C2H6.4CH4/c1-5-6-3-10-4-7(6)9(2)8-5;1-5-7-6(3-4-10-7)9(2)8-5;1-5-6-3-4-10-7(6)9(2)8-5;3*1-5-3-4-7(2)6-5;2*1-4-3-6-5(2)7-4;8*1-2;;;;/h3*3-4H,1-2H3;3*3-4H,1-2H3;2*3H,1-2H3,(H,6,7);8*1-2H3;4*1H4. The van der Waals surface area contributed by atoms with Gasteiger partial charge in [-0.15, -0.1) is 34.0 Å². The molecule has 0 aliphatic heterocycles. The average molecular weight is 1240 g/mol. The summed E-state index contributed by atoms with van der Waals surface area (Å²) in [6.07, 6.45) is 9.41. The number of rotatable bonds is 0. The highest BCUT2D eigenvalue weighted by molar-refractivity contribution is 7.17. The molecule has 0 bridgehead atoms. The van der Waals surface area contributed by atoms with Crippen LogP contribution in [-0.4, -0.2) is 78.6 Å². The van der Waals surface area contributed by atoms with Gasteiger partial charge in [0.05, 0.1) is 49.9 Å². The number of fused-ring (bicyclic) bond motifs is 3. The van der Waals surface area contributed by atoms with Gasteiger partial charge in [-0.25, -0.2) is 9.97 Å². The number of thiophene rings is 3. The summed E-state index contributed by atoms with van der Waals surface area (Å²) >= 11 is 5.21. The predicted octanol–water partition coefficient (Wildman–Crippen LogP) is 20.8. The lowest BCUT2D eigenvalue weighted by atomic mass is 10.3. The summed E-state index contributed by atoms with van der Waals surface area (Å²) in [5.74, 6) is 1.97. The molecule has 490 valence electrons. The molecule has 2 N–H and O–H groups in total. The molecule has 85 heavy (non-hydrogen) atoms. The number of hydrogen-bond donors (Lipinski definition) is 2. The lowest BCUT2D eigenvalue weighted by Crippen LogP contribution is -1.88. The Morgan fingerprint density at radius 1 is 0.365 bits per heavy atom. The lowest BCUT2D eigenvalue weighted by Gasteiger charge is -1.84. The van der Waals surface area contributed by atoms with Crippen LogP contribution in [0.1, 0.15) is 198 Å². The molecule has 11 aromatic rings. The third-order valence-electron chi connectivity index (χ3n) is 9.13. The van der Waals surface area contributed by atoms with Crippen LogP contribution in [0.5, 0.6) is 0 Å². The number of nitrogens with one attached hydrogen (secondary N) is 2. The van der Waals surface area contributed by atoms with Gasteiger partial charge in [-0.05, 0) is 110 Å². The molecule has 0 unspecified atom stereocenters. The molecular formula is C66H128N16S3. The summed E-state index contributed by atoms with van der Waals surface area (Å²) in [6, 6.07) is 10.1. The molecule has 0 saturated carbocycles. The smallest absolute Gasteiger partial charge is 0.121 e. The van der Waals surface area contributed by atoms with Crippen molar-refractivity contribution in [3.8, 4) is 0 Å². The number of hydrogen-bond acceptors (Lipinski definition) is 11. The van der Waals surface area contributed by atoms with Crippen LogP contribution < -0.4 is 0 Å². The Morgan fingerprint density at radius 3 is 0.976 bits per heavy atom. The van der Waals surface area contributed by atoms with Gasteiger partial charge in [0.2, 0.25) is 0 Å². The van der Waals surface area contributed by atoms with E-state index < -0.39 is 0 Å². The molecule has 0 fully saturated rings. The van der Waals surface area contributed by atoms with Crippen LogP contribution in [0.25, 0.3) is 31.3 Å². The molecule has 0 radical (unpaired) electrons. The normalized spacial score (nSPS) is 8.33. The summed E-state index contributed by atoms with van der Waals surface area (Å²) in [5, 5.41) is 35.9. The Kier molecular flexibility index (Phi) is 69.7. The minimum atomic E-state index is 0. The number of aryl methyl sites for hydroxylation is 16. The van der Waals surface area contributed by atoms with Crippen molar-refractivity contribution in [1.82, 2.24) is 78.6 Å². The molecule has 11 heterocycles. The Morgan fingerprint density at radius 2 is 0.706 bits per heavy atom. The van der Waals surface area contributed by atoms with Gasteiger partial charge in [-0.2, -0.15) is 30.6 Å². The van der Waals surface area contributed by atoms with E-state index in [0.717, 1.165) is 57.2 Å². The van der Waals surface area contributed by atoms with E-state index in [-0.39, 0.29) is 29.7 Å². The molecule has 0 saturated heterocycles. The molecule has 11 aromatic heterocycles. The van der Waals surface area contributed by atoms with E-state index in [9.17, 15) is 0 Å². The Hall–Kier alpha value is -6.44. The number of aromatic amines is 2. The summed E-state index contributed by atoms with van der Waals surface area (Å²) in [4.78, 5) is 15.2. The van der Waals surface area contributed by atoms with Crippen molar-refractivity contribution < 1.29 is 0 Å². The molecule has 0 aromatic carbocycles.